The lowest BCUT2D eigenvalue weighted by molar-refractivity contribution is 0.738. The third-order valence-electron chi connectivity index (χ3n) is 14.7. The number of hydrogen-bond acceptors (Lipinski definition) is 4. The van der Waals surface area contributed by atoms with Crippen LogP contribution in [0.3, 0.4) is 0 Å². The van der Waals surface area contributed by atoms with Crippen molar-refractivity contribution in [1.29, 1.82) is 0 Å². The van der Waals surface area contributed by atoms with Crippen molar-refractivity contribution in [2.45, 2.75) is 10.8 Å². The summed E-state index contributed by atoms with van der Waals surface area (Å²) in [5.41, 5.74) is 21.3. The number of hydrogen-bond donors (Lipinski definition) is 0. The van der Waals surface area contributed by atoms with Gasteiger partial charge in [0.1, 0.15) is 11.2 Å². The molecule has 0 amide bonds. The quantitative estimate of drug-likeness (QED) is 0.178. The van der Waals surface area contributed by atoms with E-state index in [0.717, 1.165) is 39.2 Å². The maximum atomic E-state index is 5.62. The van der Waals surface area contributed by atoms with Crippen LogP contribution in [-0.4, -0.2) is 24.5 Å². The van der Waals surface area contributed by atoms with E-state index in [4.69, 9.17) is 19.9 Å². The number of para-hydroxylation sites is 1. The number of fused-ring (bicyclic) bond motifs is 22. The summed E-state index contributed by atoms with van der Waals surface area (Å²) in [6.07, 6.45) is 0. The maximum absolute atomic E-state index is 5.62. The molecule has 2 spiro atoms. The fourth-order valence-corrected chi connectivity index (χ4v) is 12.2. The van der Waals surface area contributed by atoms with Crippen LogP contribution in [0.1, 0.15) is 44.8 Å². The van der Waals surface area contributed by atoms with Gasteiger partial charge in [0, 0.05) is 16.7 Å². The number of rotatable bonds is 3. The Labute approximate surface area is 375 Å². The molecule has 0 radical (unpaired) electrons. The van der Waals surface area contributed by atoms with Gasteiger partial charge in [0.2, 0.25) is 0 Å². The number of imidazole rings is 1. The predicted molar refractivity (Wildman–Crippen MR) is 258 cm³/mol. The first kappa shape index (κ1) is 35.0. The first-order valence-electron chi connectivity index (χ1n) is 22.3. The van der Waals surface area contributed by atoms with Crippen LogP contribution in [0.25, 0.3) is 84.3 Å². The van der Waals surface area contributed by atoms with Gasteiger partial charge in [-0.3, -0.25) is 4.57 Å². The lowest BCUT2D eigenvalue weighted by Gasteiger charge is -2.30. The van der Waals surface area contributed by atoms with Crippen LogP contribution in [-0.2, 0) is 10.8 Å². The fraction of sp³-hybridized carbons (Fsp3) is 0.0333. The predicted octanol–water partition coefficient (Wildman–Crippen LogP) is 13.2. The maximum Gasteiger partial charge on any atom is 0.164 e. The SMILES string of the molecule is c1ccc(-c2nc(-c3ccc4c(c3)C3(c5ccccc5-c5ccccc53)c3ccccc3-4)nc(-c3ccc4c(c3)nc3n4-c4ccccc4C34c3ccccc3-c3ccccc34)n2)cc1. The molecule has 9 aromatic carbocycles. The molecule has 11 aromatic rings. The minimum absolute atomic E-state index is 0.476. The van der Waals surface area contributed by atoms with Gasteiger partial charge in [0.15, 0.2) is 17.5 Å². The smallest absolute Gasteiger partial charge is 0.164 e. The van der Waals surface area contributed by atoms with Crippen molar-refractivity contribution in [2.75, 3.05) is 0 Å². The number of benzene rings is 9. The van der Waals surface area contributed by atoms with Gasteiger partial charge in [-0.1, -0.05) is 182 Å². The van der Waals surface area contributed by atoms with E-state index in [-0.39, 0.29) is 0 Å². The van der Waals surface area contributed by atoms with Crippen LogP contribution in [0.4, 0.5) is 0 Å². The van der Waals surface area contributed by atoms with Crippen molar-refractivity contribution in [2.24, 2.45) is 0 Å². The van der Waals surface area contributed by atoms with Crippen molar-refractivity contribution < 1.29 is 0 Å². The first-order valence-corrected chi connectivity index (χ1v) is 22.3. The van der Waals surface area contributed by atoms with Crippen molar-refractivity contribution >= 4 is 11.0 Å². The largest absolute Gasteiger partial charge is 0.295 e. The summed E-state index contributed by atoms with van der Waals surface area (Å²) in [7, 11) is 0. The standard InChI is InChI=1S/C60H35N5/c1-2-16-36(17-3-1)55-62-56(37-30-32-44-43-22-6-11-25-47(43)59(51(44)34-37)45-23-9-4-18-39(45)40-19-5-10-24-46(40)59)64-57(63-55)38-31-33-54-52(35-38)61-58-60(50-28-14-15-29-53(50)65(54)58)48-26-12-7-20-41(48)42-21-8-13-27-49(42)60/h1-35H. The van der Waals surface area contributed by atoms with Crippen LogP contribution in [0.5, 0.6) is 0 Å². The average Bonchev–Trinajstić information content (AvgIpc) is 4.14. The first-order chi connectivity index (χ1) is 32.2. The zero-order valence-corrected chi connectivity index (χ0v) is 34.9. The molecule has 0 N–H and O–H groups in total. The summed E-state index contributed by atoms with van der Waals surface area (Å²) in [5.74, 6) is 2.86. The van der Waals surface area contributed by atoms with E-state index in [0.29, 0.717) is 17.5 Å². The molecule has 0 bridgehead atoms. The van der Waals surface area contributed by atoms with Gasteiger partial charge in [-0.15, -0.1) is 0 Å². The molecule has 3 heterocycles. The Morgan fingerprint density at radius 2 is 0.708 bits per heavy atom. The Kier molecular flexibility index (Phi) is 6.76. The zero-order chi connectivity index (χ0) is 42.4. The Balaban J connectivity index is 0.937. The molecular weight excluding hydrogens is 791 g/mol. The molecule has 0 fully saturated rings. The normalized spacial score (nSPS) is 14.4. The van der Waals surface area contributed by atoms with E-state index in [1.54, 1.807) is 0 Å². The summed E-state index contributed by atoms with van der Waals surface area (Å²) in [6, 6.07) is 76.8. The molecule has 0 saturated heterocycles. The Morgan fingerprint density at radius 3 is 1.26 bits per heavy atom. The summed E-state index contributed by atoms with van der Waals surface area (Å²) in [5, 5.41) is 0. The van der Waals surface area contributed by atoms with E-state index in [1.807, 2.05) is 18.2 Å². The fourth-order valence-electron chi connectivity index (χ4n) is 12.2. The van der Waals surface area contributed by atoms with Crippen LogP contribution in [0.2, 0.25) is 0 Å². The van der Waals surface area contributed by atoms with E-state index < -0.39 is 10.8 Å². The van der Waals surface area contributed by atoms with Crippen LogP contribution >= 0.6 is 0 Å². The molecule has 5 nitrogen and oxygen atoms in total. The third-order valence-corrected chi connectivity index (χ3v) is 14.7. The van der Waals surface area contributed by atoms with E-state index in [9.17, 15) is 0 Å². The van der Waals surface area contributed by atoms with Crippen molar-refractivity contribution in [3.63, 3.8) is 0 Å². The molecule has 0 atom stereocenters. The Morgan fingerprint density at radius 1 is 0.292 bits per heavy atom. The van der Waals surface area contributed by atoms with Crippen molar-refractivity contribution in [3.8, 4) is 73.2 Å². The highest BCUT2D eigenvalue weighted by atomic mass is 15.1. The Bertz CT molecular complexity index is 3750. The summed E-state index contributed by atoms with van der Waals surface area (Å²) in [6.45, 7) is 0. The molecule has 0 unspecified atom stereocenters. The second-order valence-corrected chi connectivity index (χ2v) is 17.7. The zero-order valence-electron chi connectivity index (χ0n) is 34.9. The molecule has 5 heteroatoms. The topological polar surface area (TPSA) is 56.5 Å². The molecule has 3 aliphatic carbocycles. The lowest BCUT2D eigenvalue weighted by Crippen LogP contribution is -2.27. The van der Waals surface area contributed by atoms with Crippen LogP contribution < -0.4 is 0 Å². The third kappa shape index (κ3) is 4.32. The minimum atomic E-state index is -0.547. The molecular formula is C60H35N5. The van der Waals surface area contributed by atoms with Gasteiger partial charge in [0.05, 0.1) is 22.1 Å². The van der Waals surface area contributed by atoms with Gasteiger partial charge in [0.25, 0.3) is 0 Å². The second kappa shape index (κ2) is 12.6. The van der Waals surface area contributed by atoms with Gasteiger partial charge in [-0.2, -0.15) is 0 Å². The second-order valence-electron chi connectivity index (χ2n) is 17.7. The van der Waals surface area contributed by atoms with E-state index in [2.05, 4.69) is 199 Å². The highest BCUT2D eigenvalue weighted by molar-refractivity contribution is 5.96. The molecule has 0 saturated carbocycles. The van der Waals surface area contributed by atoms with Crippen LogP contribution in [0.15, 0.2) is 212 Å². The van der Waals surface area contributed by atoms with Gasteiger partial charge < -0.3 is 0 Å². The van der Waals surface area contributed by atoms with Crippen LogP contribution in [0, 0.1) is 0 Å². The highest BCUT2D eigenvalue weighted by Crippen LogP contribution is 2.63. The average molecular weight is 826 g/mol. The van der Waals surface area contributed by atoms with Crippen molar-refractivity contribution in [1.82, 2.24) is 24.5 Å². The lowest BCUT2D eigenvalue weighted by atomic mass is 9.70. The monoisotopic (exact) mass is 825 g/mol. The molecule has 65 heavy (non-hydrogen) atoms. The molecule has 300 valence electrons. The molecule has 1 aliphatic heterocycles. The summed E-state index contributed by atoms with van der Waals surface area (Å²) < 4.78 is 2.37. The summed E-state index contributed by atoms with van der Waals surface area (Å²) in [4.78, 5) is 21.4. The number of nitrogens with zero attached hydrogens (tertiary/aromatic N) is 5. The highest BCUT2D eigenvalue weighted by Gasteiger charge is 2.54. The molecule has 4 aliphatic rings. The number of aromatic nitrogens is 5. The van der Waals surface area contributed by atoms with Crippen molar-refractivity contribution in [3.05, 3.63) is 257 Å². The minimum Gasteiger partial charge on any atom is -0.295 e. The van der Waals surface area contributed by atoms with Gasteiger partial charge in [-0.25, -0.2) is 19.9 Å². The van der Waals surface area contributed by atoms with Gasteiger partial charge >= 0.3 is 0 Å². The van der Waals surface area contributed by atoms with E-state index in [1.165, 1.54) is 72.3 Å². The summed E-state index contributed by atoms with van der Waals surface area (Å²) >= 11 is 0. The van der Waals surface area contributed by atoms with Gasteiger partial charge in [-0.05, 0) is 103 Å². The van der Waals surface area contributed by atoms with E-state index >= 15 is 0 Å². The molecule has 2 aromatic heterocycles. The Hall–Kier alpha value is -8.54. The molecule has 15 rings (SSSR count).